The van der Waals surface area contributed by atoms with Crippen molar-refractivity contribution in [3.63, 3.8) is 0 Å². The molecule has 0 aliphatic carbocycles. The highest BCUT2D eigenvalue weighted by Crippen LogP contribution is 1.71. The zero-order valence-corrected chi connectivity index (χ0v) is 3.21. The average molecular weight is 96.0 g/mol. The SMILES string of the molecule is O=C=N[C]N=C=O. The van der Waals surface area contributed by atoms with E-state index < -0.39 is 0 Å². The Morgan fingerprint density at radius 2 is 1.43 bits per heavy atom. The molecule has 4 nitrogen and oxygen atoms in total. The van der Waals surface area contributed by atoms with E-state index in [0.29, 0.717) is 0 Å². The summed E-state index contributed by atoms with van der Waals surface area (Å²) in [6, 6.07) is 0. The standard InChI is InChI=1S/C3N2O2/c6-2-4-1-5-3-7. The summed E-state index contributed by atoms with van der Waals surface area (Å²) in [5, 5.41) is 0. The molecule has 0 spiro atoms. The van der Waals surface area contributed by atoms with Gasteiger partial charge in [-0.3, -0.25) is 0 Å². The molecule has 0 aromatic heterocycles. The highest BCUT2D eigenvalue weighted by Gasteiger charge is 1.68. The third kappa shape index (κ3) is 4.76. The zero-order chi connectivity index (χ0) is 5.54. The largest absolute Gasteiger partial charge is 0.276 e. The molecule has 0 aromatic carbocycles. The molecular weight excluding hydrogens is 96.0 g/mol. The van der Waals surface area contributed by atoms with Crippen molar-refractivity contribution in [2.45, 2.75) is 0 Å². The van der Waals surface area contributed by atoms with Crippen LogP contribution in [0.15, 0.2) is 9.98 Å². The molecule has 0 heterocycles. The van der Waals surface area contributed by atoms with Crippen molar-refractivity contribution in [2.75, 3.05) is 0 Å². The number of hydrogen-bond acceptors (Lipinski definition) is 4. The molecule has 0 aliphatic rings. The van der Waals surface area contributed by atoms with Crippen molar-refractivity contribution in [1.29, 1.82) is 0 Å². The van der Waals surface area contributed by atoms with E-state index in [-0.39, 0.29) is 0 Å². The van der Waals surface area contributed by atoms with Crippen molar-refractivity contribution >= 4 is 12.2 Å². The summed E-state index contributed by atoms with van der Waals surface area (Å²) in [6.07, 6.45) is 2.19. The zero-order valence-electron chi connectivity index (χ0n) is 3.21. The molecule has 7 heavy (non-hydrogen) atoms. The summed E-state index contributed by atoms with van der Waals surface area (Å²) in [6.45, 7) is 1.69. The van der Waals surface area contributed by atoms with E-state index in [1.54, 1.807) is 6.67 Å². The van der Waals surface area contributed by atoms with Crippen molar-refractivity contribution in [3.05, 3.63) is 6.67 Å². The van der Waals surface area contributed by atoms with Gasteiger partial charge >= 0.3 is 0 Å². The van der Waals surface area contributed by atoms with Gasteiger partial charge in [0.1, 0.15) is 0 Å². The molecule has 0 amide bonds. The van der Waals surface area contributed by atoms with Crippen LogP contribution >= 0.6 is 0 Å². The Kier molecular flexibility index (Phi) is 3.92. The fourth-order valence-corrected chi connectivity index (χ4v) is 0.0658. The second-order valence-corrected chi connectivity index (χ2v) is 0.506. The lowest BCUT2D eigenvalue weighted by molar-refractivity contribution is 0.562. The third-order valence-electron chi connectivity index (χ3n) is 0.191. The van der Waals surface area contributed by atoms with Crippen LogP contribution in [-0.4, -0.2) is 12.2 Å². The maximum Gasteiger partial charge on any atom is 0.276 e. The number of nitrogens with zero attached hydrogens (tertiary/aromatic N) is 2. The summed E-state index contributed by atoms with van der Waals surface area (Å²) in [4.78, 5) is 23.6. The Balaban J connectivity index is 3.33. The minimum atomic E-state index is 1.09. The Hall–Kier alpha value is -1.24. The lowest BCUT2D eigenvalue weighted by atomic mass is 11.1. The average Bonchev–Trinajstić information content (AvgIpc) is 1.69. The minimum absolute atomic E-state index is 1.09. The van der Waals surface area contributed by atoms with Crippen molar-refractivity contribution in [2.24, 2.45) is 9.98 Å². The fourth-order valence-electron chi connectivity index (χ4n) is 0.0658. The van der Waals surface area contributed by atoms with Gasteiger partial charge in [0.2, 0.25) is 12.2 Å². The van der Waals surface area contributed by atoms with Crippen LogP contribution in [-0.2, 0) is 9.59 Å². The van der Waals surface area contributed by atoms with Crippen LogP contribution in [0.5, 0.6) is 0 Å². The van der Waals surface area contributed by atoms with Crippen molar-refractivity contribution in [1.82, 2.24) is 0 Å². The normalized spacial score (nSPS) is 5.71. The monoisotopic (exact) mass is 96.0 g/mol. The van der Waals surface area contributed by atoms with Gasteiger partial charge in [-0.1, -0.05) is 0 Å². The number of rotatable bonds is 2. The third-order valence-corrected chi connectivity index (χ3v) is 0.191. The molecule has 0 aromatic rings. The highest BCUT2D eigenvalue weighted by atomic mass is 16.1. The van der Waals surface area contributed by atoms with Gasteiger partial charge in [0.25, 0.3) is 6.67 Å². The lowest BCUT2D eigenvalue weighted by Gasteiger charge is -1.58. The van der Waals surface area contributed by atoms with E-state index in [2.05, 4.69) is 9.98 Å². The molecule has 0 bridgehead atoms. The summed E-state index contributed by atoms with van der Waals surface area (Å²) in [7, 11) is 0. The maximum atomic E-state index is 9.14. The van der Waals surface area contributed by atoms with Crippen LogP contribution in [0.1, 0.15) is 0 Å². The predicted molar refractivity (Wildman–Crippen MR) is 19.5 cm³/mol. The number of carbonyl (C=O) groups excluding carboxylic acids is 2. The summed E-state index contributed by atoms with van der Waals surface area (Å²) >= 11 is 0. The smallest absolute Gasteiger partial charge is 0.211 e. The molecule has 0 unspecified atom stereocenters. The molecule has 4 heteroatoms. The second-order valence-electron chi connectivity index (χ2n) is 0.506. The molecule has 0 aliphatic heterocycles. The predicted octanol–water partition coefficient (Wildman–Crippen LogP) is -0.346. The van der Waals surface area contributed by atoms with E-state index in [4.69, 9.17) is 9.59 Å². The van der Waals surface area contributed by atoms with E-state index in [9.17, 15) is 0 Å². The van der Waals surface area contributed by atoms with E-state index in [1.165, 1.54) is 0 Å². The van der Waals surface area contributed by atoms with Gasteiger partial charge in [0.05, 0.1) is 0 Å². The Labute approximate surface area is 39.6 Å². The van der Waals surface area contributed by atoms with Crippen molar-refractivity contribution in [3.8, 4) is 0 Å². The molecule has 0 saturated heterocycles. The first-order valence-corrected chi connectivity index (χ1v) is 1.30. The lowest BCUT2D eigenvalue weighted by Crippen LogP contribution is -1.56. The maximum absolute atomic E-state index is 9.14. The molecule has 2 radical (unpaired) electrons. The minimum Gasteiger partial charge on any atom is -0.211 e. The molecule has 0 fully saturated rings. The highest BCUT2D eigenvalue weighted by molar-refractivity contribution is 5.37. The molecule has 0 atom stereocenters. The van der Waals surface area contributed by atoms with Gasteiger partial charge in [-0.2, -0.15) is 9.98 Å². The van der Waals surface area contributed by atoms with Crippen molar-refractivity contribution < 1.29 is 9.59 Å². The number of hydrogen-bond donors (Lipinski definition) is 0. The van der Waals surface area contributed by atoms with Gasteiger partial charge in [0, 0.05) is 0 Å². The first kappa shape index (κ1) is 5.76. The van der Waals surface area contributed by atoms with Crippen LogP contribution in [0.2, 0.25) is 0 Å². The molecule has 0 saturated carbocycles. The molecule has 0 N–H and O–H groups in total. The van der Waals surface area contributed by atoms with E-state index >= 15 is 0 Å². The van der Waals surface area contributed by atoms with E-state index in [0.717, 1.165) is 12.2 Å². The van der Waals surface area contributed by atoms with Gasteiger partial charge in [0.15, 0.2) is 0 Å². The van der Waals surface area contributed by atoms with Crippen LogP contribution in [0.3, 0.4) is 0 Å². The quantitative estimate of drug-likeness (QED) is 0.348. The molecular formula is C3N2O2. The van der Waals surface area contributed by atoms with Crippen LogP contribution < -0.4 is 0 Å². The second kappa shape index (κ2) is 4.76. The van der Waals surface area contributed by atoms with Crippen LogP contribution in [0, 0.1) is 6.67 Å². The van der Waals surface area contributed by atoms with Gasteiger partial charge in [-0.05, 0) is 0 Å². The van der Waals surface area contributed by atoms with E-state index in [1.807, 2.05) is 0 Å². The fraction of sp³-hybridized carbons (Fsp3) is 0. The first-order valence-electron chi connectivity index (χ1n) is 1.30. The Bertz CT molecular complexity index is 114. The van der Waals surface area contributed by atoms with Gasteiger partial charge in [-0.25, -0.2) is 9.59 Å². The summed E-state index contributed by atoms with van der Waals surface area (Å²) < 4.78 is 0. The summed E-state index contributed by atoms with van der Waals surface area (Å²) in [5.41, 5.74) is 0. The number of aliphatic imine (C=N–C) groups is 2. The summed E-state index contributed by atoms with van der Waals surface area (Å²) in [5.74, 6) is 0. The van der Waals surface area contributed by atoms with Gasteiger partial charge in [-0.15, -0.1) is 0 Å². The Morgan fingerprint density at radius 3 is 1.71 bits per heavy atom. The first-order chi connectivity index (χ1) is 3.41. The van der Waals surface area contributed by atoms with Crippen LogP contribution in [0.25, 0.3) is 0 Å². The van der Waals surface area contributed by atoms with Crippen LogP contribution in [0.4, 0.5) is 0 Å². The molecule has 34 valence electrons. The topological polar surface area (TPSA) is 58.9 Å². The molecule has 0 rings (SSSR count). The Morgan fingerprint density at radius 1 is 1.00 bits per heavy atom. The van der Waals surface area contributed by atoms with Gasteiger partial charge < -0.3 is 0 Å². The number of isocyanates is 2.